The zero-order valence-electron chi connectivity index (χ0n) is 17.9. The highest BCUT2D eigenvalue weighted by Crippen LogP contribution is 2.38. The Morgan fingerprint density at radius 1 is 1.16 bits per heavy atom. The number of anilines is 1. The fraction of sp³-hybridized carbons (Fsp3) is 0.478. The summed E-state index contributed by atoms with van der Waals surface area (Å²) in [5.74, 6) is 0.360. The molecule has 1 saturated heterocycles. The molecule has 7 nitrogen and oxygen atoms in total. The van der Waals surface area contributed by atoms with Gasteiger partial charge in [-0.3, -0.25) is 19.4 Å². The van der Waals surface area contributed by atoms with Gasteiger partial charge >= 0.3 is 0 Å². The maximum atomic E-state index is 12.9. The van der Waals surface area contributed by atoms with E-state index < -0.39 is 5.91 Å². The highest BCUT2D eigenvalue weighted by Gasteiger charge is 2.29. The Labute approximate surface area is 187 Å². The predicted octanol–water partition coefficient (Wildman–Crippen LogP) is 2.36. The zero-order valence-corrected chi connectivity index (χ0v) is 18.7. The highest BCUT2D eigenvalue weighted by molar-refractivity contribution is 7.17. The number of carbonyl (C=O) groups excluding carboxylic acids is 2. The van der Waals surface area contributed by atoms with E-state index in [4.69, 9.17) is 10.5 Å². The second kappa shape index (κ2) is 9.80. The molecule has 1 aliphatic heterocycles. The molecule has 2 aromatic rings. The van der Waals surface area contributed by atoms with E-state index in [9.17, 15) is 9.59 Å². The van der Waals surface area contributed by atoms with Crippen LogP contribution in [0.3, 0.4) is 0 Å². The summed E-state index contributed by atoms with van der Waals surface area (Å²) < 4.78 is 5.79. The number of amides is 2. The van der Waals surface area contributed by atoms with Crippen molar-refractivity contribution >= 4 is 28.2 Å². The average molecular weight is 443 g/mol. The number of hydrogen-bond acceptors (Lipinski definition) is 6. The second-order valence-electron chi connectivity index (χ2n) is 8.13. The number of carbonyl (C=O) groups is 2. The number of hydrogen-bond donors (Lipinski definition) is 2. The molecular weight excluding hydrogens is 412 g/mol. The minimum absolute atomic E-state index is 0.0803. The number of thiophene rings is 1. The molecule has 0 bridgehead atoms. The van der Waals surface area contributed by atoms with Crippen LogP contribution in [0.25, 0.3) is 0 Å². The van der Waals surface area contributed by atoms with E-state index >= 15 is 0 Å². The van der Waals surface area contributed by atoms with Crippen molar-refractivity contribution in [2.45, 2.75) is 32.2 Å². The van der Waals surface area contributed by atoms with Crippen molar-refractivity contribution < 1.29 is 14.3 Å². The molecule has 1 aliphatic carbocycles. The van der Waals surface area contributed by atoms with Crippen LogP contribution in [0.15, 0.2) is 30.3 Å². The number of nitrogens with one attached hydrogen (secondary N) is 1. The maximum absolute atomic E-state index is 12.9. The molecule has 2 amide bonds. The van der Waals surface area contributed by atoms with Crippen LogP contribution in [0, 0.1) is 0 Å². The highest BCUT2D eigenvalue weighted by atomic mass is 32.1. The van der Waals surface area contributed by atoms with Gasteiger partial charge in [0, 0.05) is 37.6 Å². The molecule has 0 unspecified atom stereocenters. The van der Waals surface area contributed by atoms with Gasteiger partial charge in [-0.05, 0) is 43.9 Å². The molecule has 0 saturated carbocycles. The van der Waals surface area contributed by atoms with Crippen molar-refractivity contribution in [2.75, 3.05) is 44.6 Å². The normalized spacial score (nSPS) is 17.8. The van der Waals surface area contributed by atoms with E-state index in [1.165, 1.54) is 16.2 Å². The summed E-state index contributed by atoms with van der Waals surface area (Å²) in [5.41, 5.74) is 7.16. The van der Waals surface area contributed by atoms with Crippen LogP contribution in [0.4, 0.5) is 5.00 Å². The van der Waals surface area contributed by atoms with Gasteiger partial charge in [0.1, 0.15) is 17.4 Å². The molecule has 2 aliphatic rings. The fourth-order valence-electron chi connectivity index (χ4n) is 4.32. The van der Waals surface area contributed by atoms with Crippen LogP contribution in [0.1, 0.15) is 34.1 Å². The van der Waals surface area contributed by atoms with E-state index in [-0.39, 0.29) is 11.9 Å². The van der Waals surface area contributed by atoms with Crippen LogP contribution in [-0.2, 0) is 17.6 Å². The molecule has 1 aromatic carbocycles. The number of aryl methyl sites for hydroxylation is 1. The molecule has 1 atom stereocenters. The number of benzene rings is 1. The number of rotatable bonds is 8. The van der Waals surface area contributed by atoms with Gasteiger partial charge < -0.3 is 15.8 Å². The minimum atomic E-state index is -0.450. The first-order valence-electron chi connectivity index (χ1n) is 10.9. The van der Waals surface area contributed by atoms with E-state index in [1.807, 2.05) is 37.3 Å². The molecule has 3 N–H and O–H groups in total. The first kappa shape index (κ1) is 21.8. The third-order valence-electron chi connectivity index (χ3n) is 6.16. The van der Waals surface area contributed by atoms with E-state index in [0.29, 0.717) is 17.2 Å². The minimum Gasteiger partial charge on any atom is -0.492 e. The number of ether oxygens (including phenoxy) is 1. The van der Waals surface area contributed by atoms with Crippen molar-refractivity contribution in [1.82, 2.24) is 9.80 Å². The molecule has 0 spiro atoms. The molecular formula is C23H30N4O3S. The van der Waals surface area contributed by atoms with Gasteiger partial charge in [-0.2, -0.15) is 0 Å². The molecule has 8 heteroatoms. The first-order chi connectivity index (χ1) is 15.0. The largest absolute Gasteiger partial charge is 0.492 e. The zero-order chi connectivity index (χ0) is 21.8. The summed E-state index contributed by atoms with van der Waals surface area (Å²) in [6.07, 6.45) is 2.87. The average Bonchev–Trinajstić information content (AvgIpc) is 3.35. The van der Waals surface area contributed by atoms with Crippen molar-refractivity contribution in [3.63, 3.8) is 0 Å². The lowest BCUT2D eigenvalue weighted by atomic mass is 10.1. The van der Waals surface area contributed by atoms with Crippen LogP contribution in [0.2, 0.25) is 0 Å². The Kier molecular flexibility index (Phi) is 6.89. The number of nitrogens with zero attached hydrogens (tertiary/aromatic N) is 2. The molecule has 4 rings (SSSR count). The van der Waals surface area contributed by atoms with Crippen LogP contribution in [-0.4, -0.2) is 67.0 Å². The molecule has 31 heavy (non-hydrogen) atoms. The van der Waals surface area contributed by atoms with Crippen molar-refractivity contribution in [3.8, 4) is 5.75 Å². The Bertz CT molecular complexity index is 922. The number of fused-ring (bicyclic) bond motifs is 1. The third kappa shape index (κ3) is 5.08. The molecule has 2 heterocycles. The topological polar surface area (TPSA) is 87.9 Å². The molecule has 166 valence electrons. The number of nitrogens with two attached hydrogens (primary N) is 1. The standard InChI is InChI=1S/C23H30N4O3S/c1-16(22(29)25-23-20(21(24)28)18-8-5-9-19(18)31-23)27-12-10-26(11-13-27)14-15-30-17-6-3-2-4-7-17/h2-4,6-7,16H,5,8-15H2,1H3,(H2,24,28)(H,25,29)/t16-/m0/s1. The lowest BCUT2D eigenvalue weighted by molar-refractivity contribution is -0.121. The first-order valence-corrected chi connectivity index (χ1v) is 11.7. The van der Waals surface area contributed by atoms with Gasteiger partial charge in [-0.1, -0.05) is 18.2 Å². The molecule has 0 radical (unpaired) electrons. The third-order valence-corrected chi connectivity index (χ3v) is 7.37. The van der Waals surface area contributed by atoms with Crippen LogP contribution < -0.4 is 15.8 Å². The van der Waals surface area contributed by atoms with Gasteiger partial charge in [-0.15, -0.1) is 11.3 Å². The monoisotopic (exact) mass is 442 g/mol. The van der Waals surface area contributed by atoms with Gasteiger partial charge in [-0.25, -0.2) is 0 Å². The summed E-state index contributed by atoms with van der Waals surface area (Å²) in [6.45, 7) is 6.89. The Hall–Kier alpha value is -2.42. The summed E-state index contributed by atoms with van der Waals surface area (Å²) in [7, 11) is 0. The summed E-state index contributed by atoms with van der Waals surface area (Å²) in [4.78, 5) is 30.6. The van der Waals surface area contributed by atoms with Crippen molar-refractivity contribution in [3.05, 3.63) is 46.3 Å². The number of para-hydroxylation sites is 1. The van der Waals surface area contributed by atoms with E-state index in [1.54, 1.807) is 0 Å². The van der Waals surface area contributed by atoms with Crippen molar-refractivity contribution in [1.29, 1.82) is 0 Å². The maximum Gasteiger partial charge on any atom is 0.251 e. The second-order valence-corrected chi connectivity index (χ2v) is 9.24. The number of primary amides is 1. The summed E-state index contributed by atoms with van der Waals surface area (Å²) in [5, 5.41) is 3.60. The molecule has 1 aromatic heterocycles. The smallest absolute Gasteiger partial charge is 0.251 e. The van der Waals surface area contributed by atoms with Gasteiger partial charge in [0.25, 0.3) is 5.91 Å². The number of piperazine rings is 1. The molecule has 1 fully saturated rings. The Morgan fingerprint density at radius 2 is 1.90 bits per heavy atom. The summed E-state index contributed by atoms with van der Waals surface area (Å²) >= 11 is 1.50. The Balaban J connectivity index is 1.26. The van der Waals surface area contributed by atoms with E-state index in [2.05, 4.69) is 15.1 Å². The lowest BCUT2D eigenvalue weighted by Gasteiger charge is -2.37. The Morgan fingerprint density at radius 3 is 2.61 bits per heavy atom. The SMILES string of the molecule is C[C@@H](C(=O)Nc1sc2c(c1C(N)=O)CCC2)N1CCN(CCOc2ccccc2)CC1. The quantitative estimate of drug-likeness (QED) is 0.655. The van der Waals surface area contributed by atoms with E-state index in [0.717, 1.165) is 63.3 Å². The van der Waals surface area contributed by atoms with Crippen LogP contribution in [0.5, 0.6) is 5.75 Å². The fourth-order valence-corrected chi connectivity index (χ4v) is 5.62. The van der Waals surface area contributed by atoms with Gasteiger partial charge in [0.05, 0.1) is 11.6 Å². The van der Waals surface area contributed by atoms with Gasteiger partial charge in [0.15, 0.2) is 0 Å². The summed E-state index contributed by atoms with van der Waals surface area (Å²) in [6, 6.07) is 9.57. The predicted molar refractivity (Wildman–Crippen MR) is 123 cm³/mol. The van der Waals surface area contributed by atoms with Gasteiger partial charge in [0.2, 0.25) is 5.91 Å². The van der Waals surface area contributed by atoms with Crippen LogP contribution >= 0.6 is 11.3 Å². The van der Waals surface area contributed by atoms with Crippen molar-refractivity contribution in [2.24, 2.45) is 5.73 Å². The lowest BCUT2D eigenvalue weighted by Crippen LogP contribution is -2.53.